The van der Waals surface area contributed by atoms with Gasteiger partial charge < -0.3 is 4.90 Å². The first-order valence-electron chi connectivity index (χ1n) is 8.46. The summed E-state index contributed by atoms with van der Waals surface area (Å²) in [5.74, 6) is 2.99. The van der Waals surface area contributed by atoms with Gasteiger partial charge in [0.05, 0.1) is 0 Å². The predicted molar refractivity (Wildman–Crippen MR) is 88.1 cm³/mol. The van der Waals surface area contributed by atoms with Gasteiger partial charge in [0.15, 0.2) is 0 Å². The van der Waals surface area contributed by atoms with E-state index in [1.54, 1.807) is 22.4 Å². The summed E-state index contributed by atoms with van der Waals surface area (Å²) in [6.45, 7) is 7.18. The molecule has 5 rings (SSSR count). The molecule has 21 heavy (non-hydrogen) atoms. The Kier molecular flexibility index (Phi) is 2.32. The fourth-order valence-corrected chi connectivity index (χ4v) is 5.27. The minimum atomic E-state index is 0.677. The minimum absolute atomic E-state index is 0.677. The smallest absolute Gasteiger partial charge is 0.0446 e. The van der Waals surface area contributed by atoms with E-state index >= 15 is 0 Å². The molecule has 1 heteroatoms. The number of rotatable bonds is 0. The zero-order valence-electron chi connectivity index (χ0n) is 13.0. The third kappa shape index (κ3) is 1.47. The highest BCUT2D eigenvalue weighted by atomic mass is 15.2. The molecule has 0 saturated carbocycles. The van der Waals surface area contributed by atoms with Crippen molar-refractivity contribution in [1.82, 2.24) is 0 Å². The number of hydrogen-bond acceptors (Lipinski definition) is 1. The molecule has 0 N–H and O–H groups in total. The van der Waals surface area contributed by atoms with Gasteiger partial charge in [-0.2, -0.15) is 0 Å². The topological polar surface area (TPSA) is 3.24 Å². The van der Waals surface area contributed by atoms with Gasteiger partial charge in [0.25, 0.3) is 0 Å². The van der Waals surface area contributed by atoms with Crippen molar-refractivity contribution in [1.29, 1.82) is 0 Å². The average molecular weight is 277 g/mol. The van der Waals surface area contributed by atoms with Crippen molar-refractivity contribution in [3.63, 3.8) is 0 Å². The summed E-state index contributed by atoms with van der Waals surface area (Å²) in [4.78, 5) is 2.74. The lowest BCUT2D eigenvalue weighted by Crippen LogP contribution is -2.44. The zero-order valence-corrected chi connectivity index (χ0v) is 13.0. The molecule has 2 aliphatic heterocycles. The first-order chi connectivity index (χ1) is 10.2. The van der Waals surface area contributed by atoms with E-state index in [-0.39, 0.29) is 0 Å². The molecule has 1 aromatic rings. The van der Waals surface area contributed by atoms with Gasteiger partial charge in [0, 0.05) is 30.6 Å². The molecule has 0 radical (unpaired) electrons. The second-order valence-corrected chi connectivity index (χ2v) is 7.47. The van der Waals surface area contributed by atoms with Crippen LogP contribution in [0.2, 0.25) is 0 Å². The molecule has 108 valence electrons. The zero-order chi connectivity index (χ0) is 14.1. The van der Waals surface area contributed by atoms with E-state index in [4.69, 9.17) is 0 Å². The molecule has 2 heterocycles. The summed E-state index contributed by atoms with van der Waals surface area (Å²) in [6.07, 6.45) is 12.3. The second-order valence-electron chi connectivity index (χ2n) is 7.47. The molecular formula is C20H23N. The van der Waals surface area contributed by atoms with Gasteiger partial charge in [-0.3, -0.25) is 0 Å². The third-order valence-corrected chi connectivity index (χ3v) is 6.39. The van der Waals surface area contributed by atoms with Gasteiger partial charge in [-0.25, -0.2) is 0 Å². The highest BCUT2D eigenvalue weighted by Gasteiger charge is 2.42. The maximum absolute atomic E-state index is 2.74. The number of nitrogens with zero attached hydrogens (tertiary/aromatic N) is 1. The van der Waals surface area contributed by atoms with Crippen LogP contribution in [0.15, 0.2) is 30.4 Å². The van der Waals surface area contributed by atoms with Gasteiger partial charge in [-0.05, 0) is 60.8 Å². The van der Waals surface area contributed by atoms with Crippen molar-refractivity contribution in [2.75, 3.05) is 18.0 Å². The van der Waals surface area contributed by atoms with Gasteiger partial charge in [-0.1, -0.05) is 30.4 Å². The van der Waals surface area contributed by atoms with E-state index in [1.165, 1.54) is 31.5 Å². The van der Waals surface area contributed by atoms with Crippen LogP contribution in [0.4, 0.5) is 5.69 Å². The molecule has 0 fully saturated rings. The number of allylic oxidation sites excluding steroid dienone is 4. The summed E-state index contributed by atoms with van der Waals surface area (Å²) in [6, 6.07) is 2.49. The second kappa shape index (κ2) is 4.03. The molecular weight excluding hydrogens is 254 g/mol. The van der Waals surface area contributed by atoms with Gasteiger partial charge in [0.2, 0.25) is 0 Å². The molecule has 0 bridgehead atoms. The van der Waals surface area contributed by atoms with Crippen molar-refractivity contribution in [2.24, 2.45) is 11.8 Å². The largest absolute Gasteiger partial charge is 0.370 e. The van der Waals surface area contributed by atoms with E-state index in [0.717, 1.165) is 11.8 Å². The molecule has 0 amide bonds. The summed E-state index contributed by atoms with van der Waals surface area (Å²) < 4.78 is 0. The molecule has 1 nitrogen and oxygen atoms in total. The highest BCUT2D eigenvalue weighted by molar-refractivity contribution is 5.71. The van der Waals surface area contributed by atoms with Crippen molar-refractivity contribution in [3.8, 4) is 0 Å². The Morgan fingerprint density at radius 1 is 0.952 bits per heavy atom. The van der Waals surface area contributed by atoms with Crippen LogP contribution < -0.4 is 4.90 Å². The Morgan fingerprint density at radius 3 is 2.38 bits per heavy atom. The monoisotopic (exact) mass is 277 g/mol. The molecule has 2 aliphatic carbocycles. The molecule has 0 saturated heterocycles. The molecule has 0 spiro atoms. The highest BCUT2D eigenvalue weighted by Crippen LogP contribution is 2.54. The number of fused-ring (bicyclic) bond motifs is 4. The Labute approximate surface area is 127 Å². The Balaban J connectivity index is 1.80. The van der Waals surface area contributed by atoms with Crippen molar-refractivity contribution < 1.29 is 0 Å². The normalized spacial score (nSPS) is 34.9. The quantitative estimate of drug-likeness (QED) is 0.633. The van der Waals surface area contributed by atoms with Crippen molar-refractivity contribution in [2.45, 2.75) is 38.5 Å². The molecule has 0 unspecified atom stereocenters. The van der Waals surface area contributed by atoms with Crippen LogP contribution in [-0.4, -0.2) is 13.1 Å². The van der Waals surface area contributed by atoms with E-state index in [2.05, 4.69) is 49.1 Å². The van der Waals surface area contributed by atoms with E-state index < -0.39 is 0 Å². The van der Waals surface area contributed by atoms with Crippen LogP contribution in [0.5, 0.6) is 0 Å². The first-order valence-corrected chi connectivity index (χ1v) is 8.46. The lowest BCUT2D eigenvalue weighted by atomic mass is 9.73. The fourth-order valence-electron chi connectivity index (χ4n) is 5.27. The first kappa shape index (κ1) is 12.1. The molecule has 4 aliphatic rings. The lowest BCUT2D eigenvalue weighted by molar-refractivity contribution is 0.409. The summed E-state index contributed by atoms with van der Waals surface area (Å²) >= 11 is 0. The number of anilines is 1. The fraction of sp³-hybridized carbons (Fsp3) is 0.500. The maximum atomic E-state index is 2.74. The summed E-state index contributed by atoms with van der Waals surface area (Å²) in [5, 5.41) is 0. The molecule has 1 aromatic carbocycles. The maximum Gasteiger partial charge on any atom is 0.0446 e. The molecule has 0 aromatic heterocycles. The van der Waals surface area contributed by atoms with Crippen LogP contribution >= 0.6 is 0 Å². The lowest BCUT2D eigenvalue weighted by Gasteiger charge is -2.47. The van der Waals surface area contributed by atoms with Crippen LogP contribution in [0.25, 0.3) is 0 Å². The van der Waals surface area contributed by atoms with Crippen molar-refractivity contribution >= 4 is 5.69 Å². The predicted octanol–water partition coefficient (Wildman–Crippen LogP) is 4.46. The van der Waals surface area contributed by atoms with E-state index in [9.17, 15) is 0 Å². The number of hydrogen-bond donors (Lipinski definition) is 0. The Morgan fingerprint density at radius 2 is 1.62 bits per heavy atom. The minimum Gasteiger partial charge on any atom is -0.370 e. The average Bonchev–Trinajstić information content (AvgIpc) is 3.11. The SMILES string of the molecule is Cc1cc2c3c(c1C)[C@@H]1C=CC[C@@H]1CN3C[C@H]1CC=C[C@H]21. The standard InChI is InChI=1S/C20H23N/c1-12-9-18-16-7-3-5-14(16)10-21-11-15-6-4-8-17(15)19(13(12)2)20(18)21/h3-4,7-9,14-17H,5-6,10-11H2,1-2H3/t14-,15-,16+,17-/m1/s1. The Bertz CT molecular complexity index is 680. The van der Waals surface area contributed by atoms with E-state index in [1.807, 2.05) is 0 Å². The molecule has 4 atom stereocenters. The number of benzene rings is 1. The Hall–Kier alpha value is -1.50. The van der Waals surface area contributed by atoms with Crippen LogP contribution in [0.3, 0.4) is 0 Å². The third-order valence-electron chi connectivity index (χ3n) is 6.39. The van der Waals surface area contributed by atoms with Gasteiger partial charge in [0.1, 0.15) is 0 Å². The van der Waals surface area contributed by atoms with Gasteiger partial charge >= 0.3 is 0 Å². The number of aryl methyl sites for hydroxylation is 1. The summed E-state index contributed by atoms with van der Waals surface area (Å²) in [5.41, 5.74) is 7.93. The van der Waals surface area contributed by atoms with Crippen LogP contribution in [-0.2, 0) is 0 Å². The summed E-state index contributed by atoms with van der Waals surface area (Å²) in [7, 11) is 0. The van der Waals surface area contributed by atoms with Crippen LogP contribution in [0.1, 0.15) is 46.9 Å². The van der Waals surface area contributed by atoms with Crippen molar-refractivity contribution in [3.05, 3.63) is 52.6 Å². The van der Waals surface area contributed by atoms with Crippen LogP contribution in [0, 0.1) is 25.7 Å². The van der Waals surface area contributed by atoms with Gasteiger partial charge in [-0.15, -0.1) is 0 Å². The van der Waals surface area contributed by atoms with E-state index in [0.29, 0.717) is 11.8 Å².